The summed E-state index contributed by atoms with van der Waals surface area (Å²) in [6, 6.07) is 2.04. The molecule has 0 spiro atoms. The first-order valence-electron chi connectivity index (χ1n) is 6.08. The second-order valence-corrected chi connectivity index (χ2v) is 4.91. The fraction of sp³-hybridized carbons (Fsp3) is 0.667. The van der Waals surface area contributed by atoms with Crippen LogP contribution in [0.4, 0.5) is 5.95 Å². The molecule has 0 atom stereocenters. The summed E-state index contributed by atoms with van der Waals surface area (Å²) in [7, 11) is 1.85. The highest BCUT2D eigenvalue weighted by Gasteiger charge is 2.03. The zero-order chi connectivity index (χ0) is 12.7. The van der Waals surface area contributed by atoms with E-state index in [1.54, 1.807) is 11.8 Å². The molecule has 1 rings (SSSR count). The fourth-order valence-electron chi connectivity index (χ4n) is 1.54. The highest BCUT2D eigenvalue weighted by molar-refractivity contribution is 7.99. The van der Waals surface area contributed by atoms with Gasteiger partial charge in [-0.05, 0) is 26.1 Å². The molecule has 0 aliphatic carbocycles. The highest BCUT2D eigenvalue weighted by Crippen LogP contribution is 2.17. The van der Waals surface area contributed by atoms with E-state index in [-0.39, 0.29) is 0 Å². The van der Waals surface area contributed by atoms with Crippen LogP contribution in [0, 0.1) is 6.92 Å². The molecule has 0 bridgehead atoms. The van der Waals surface area contributed by atoms with Gasteiger partial charge in [-0.15, -0.1) is 11.8 Å². The van der Waals surface area contributed by atoms with Crippen LogP contribution < -0.4 is 5.32 Å². The maximum Gasteiger partial charge on any atom is 0.223 e. The molecule has 4 nitrogen and oxygen atoms in total. The highest BCUT2D eigenvalue weighted by atomic mass is 32.2. The van der Waals surface area contributed by atoms with Crippen molar-refractivity contribution in [1.82, 2.24) is 14.9 Å². The number of nitrogens with one attached hydrogen (secondary N) is 1. The van der Waals surface area contributed by atoms with Gasteiger partial charge in [0.15, 0.2) is 0 Å². The summed E-state index contributed by atoms with van der Waals surface area (Å²) in [6.45, 7) is 9.72. The largest absolute Gasteiger partial charge is 0.357 e. The first kappa shape index (κ1) is 14.3. The predicted octanol–water partition coefficient (Wildman–Crippen LogP) is 2.26. The van der Waals surface area contributed by atoms with Crippen molar-refractivity contribution in [3.05, 3.63) is 11.8 Å². The van der Waals surface area contributed by atoms with E-state index in [9.17, 15) is 0 Å². The molecule has 1 N–H and O–H groups in total. The van der Waals surface area contributed by atoms with Gasteiger partial charge >= 0.3 is 0 Å². The van der Waals surface area contributed by atoms with Crippen molar-refractivity contribution in [1.29, 1.82) is 0 Å². The van der Waals surface area contributed by atoms with Crippen LogP contribution in [0.1, 0.15) is 19.5 Å². The van der Waals surface area contributed by atoms with Crippen LogP contribution in [0.2, 0.25) is 0 Å². The van der Waals surface area contributed by atoms with E-state index in [0.29, 0.717) is 5.95 Å². The minimum atomic E-state index is 0.704. The van der Waals surface area contributed by atoms with Crippen LogP contribution in [-0.4, -0.2) is 47.3 Å². The Hall–Kier alpha value is -0.810. The van der Waals surface area contributed by atoms with Crippen LogP contribution in [0.5, 0.6) is 0 Å². The zero-order valence-corrected chi connectivity index (χ0v) is 12.0. The van der Waals surface area contributed by atoms with Crippen molar-refractivity contribution in [2.75, 3.05) is 37.8 Å². The van der Waals surface area contributed by atoms with Crippen LogP contribution in [-0.2, 0) is 0 Å². The Kier molecular flexibility index (Phi) is 6.29. The fourth-order valence-corrected chi connectivity index (χ4v) is 2.51. The summed E-state index contributed by atoms with van der Waals surface area (Å²) < 4.78 is 0. The van der Waals surface area contributed by atoms with Gasteiger partial charge in [0.1, 0.15) is 5.03 Å². The molecule has 0 amide bonds. The molecule has 0 aliphatic heterocycles. The summed E-state index contributed by atoms with van der Waals surface area (Å²) in [4.78, 5) is 11.1. The molecule has 0 fully saturated rings. The van der Waals surface area contributed by atoms with Crippen molar-refractivity contribution in [2.24, 2.45) is 0 Å². The topological polar surface area (TPSA) is 41.1 Å². The molecule has 0 aromatic carbocycles. The number of anilines is 1. The zero-order valence-electron chi connectivity index (χ0n) is 11.2. The molecular formula is C12H22N4S. The third kappa shape index (κ3) is 4.91. The minimum absolute atomic E-state index is 0.704. The molecule has 0 radical (unpaired) electrons. The van der Waals surface area contributed by atoms with Crippen LogP contribution in [0.25, 0.3) is 0 Å². The van der Waals surface area contributed by atoms with Gasteiger partial charge in [0.25, 0.3) is 0 Å². The molecule has 17 heavy (non-hydrogen) atoms. The summed E-state index contributed by atoms with van der Waals surface area (Å²) in [5.74, 6) is 1.77. The number of hydrogen-bond acceptors (Lipinski definition) is 5. The third-order valence-electron chi connectivity index (χ3n) is 2.61. The van der Waals surface area contributed by atoms with E-state index in [0.717, 1.165) is 36.1 Å². The second kappa shape index (κ2) is 7.50. The average Bonchev–Trinajstić information content (AvgIpc) is 2.34. The molecule has 1 aromatic heterocycles. The van der Waals surface area contributed by atoms with Crippen molar-refractivity contribution >= 4 is 17.7 Å². The van der Waals surface area contributed by atoms with Gasteiger partial charge in [0.05, 0.1) is 0 Å². The first-order valence-corrected chi connectivity index (χ1v) is 7.06. The lowest BCUT2D eigenvalue weighted by molar-refractivity contribution is 0.324. The molecule has 0 unspecified atom stereocenters. The molecule has 1 aromatic rings. The van der Waals surface area contributed by atoms with Crippen molar-refractivity contribution < 1.29 is 0 Å². The Morgan fingerprint density at radius 3 is 2.59 bits per heavy atom. The third-order valence-corrected chi connectivity index (χ3v) is 3.50. The first-order chi connectivity index (χ1) is 8.19. The summed E-state index contributed by atoms with van der Waals surface area (Å²) in [5.41, 5.74) is 1.01. The van der Waals surface area contributed by atoms with Gasteiger partial charge < -0.3 is 10.2 Å². The molecule has 96 valence electrons. The van der Waals surface area contributed by atoms with Gasteiger partial charge in [-0.25, -0.2) is 9.97 Å². The lowest BCUT2D eigenvalue weighted by Gasteiger charge is -2.17. The average molecular weight is 254 g/mol. The Balaban J connectivity index is 2.48. The van der Waals surface area contributed by atoms with Crippen LogP contribution in [0.3, 0.4) is 0 Å². The monoisotopic (exact) mass is 254 g/mol. The molecule has 5 heteroatoms. The van der Waals surface area contributed by atoms with Gasteiger partial charge in [0.2, 0.25) is 5.95 Å². The number of rotatable bonds is 7. The van der Waals surface area contributed by atoms with Gasteiger partial charge in [-0.3, -0.25) is 0 Å². The van der Waals surface area contributed by atoms with E-state index >= 15 is 0 Å². The smallest absolute Gasteiger partial charge is 0.223 e. The van der Waals surface area contributed by atoms with Crippen molar-refractivity contribution in [2.45, 2.75) is 25.8 Å². The lowest BCUT2D eigenvalue weighted by Crippen LogP contribution is -2.25. The molecule has 0 saturated carbocycles. The molecule has 0 saturated heterocycles. The van der Waals surface area contributed by atoms with Crippen molar-refractivity contribution in [3.63, 3.8) is 0 Å². The standard InChI is InChI=1S/C12H22N4S/c1-5-16(6-2)7-8-17-11-9-10(3)14-12(13-4)15-11/h9H,5-8H2,1-4H3,(H,13,14,15). The van der Waals surface area contributed by atoms with E-state index in [1.165, 1.54) is 0 Å². The Morgan fingerprint density at radius 2 is 2.00 bits per heavy atom. The summed E-state index contributed by atoms with van der Waals surface area (Å²) in [5, 5.41) is 4.03. The lowest BCUT2D eigenvalue weighted by atomic mass is 10.5. The number of thioether (sulfide) groups is 1. The van der Waals surface area contributed by atoms with Gasteiger partial charge in [-0.2, -0.15) is 0 Å². The Labute approximate surface area is 108 Å². The Morgan fingerprint density at radius 1 is 1.29 bits per heavy atom. The number of hydrogen-bond donors (Lipinski definition) is 1. The van der Waals surface area contributed by atoms with E-state index in [2.05, 4.69) is 34.0 Å². The maximum absolute atomic E-state index is 4.42. The minimum Gasteiger partial charge on any atom is -0.357 e. The number of nitrogens with zero attached hydrogens (tertiary/aromatic N) is 3. The maximum atomic E-state index is 4.42. The van der Waals surface area contributed by atoms with Gasteiger partial charge in [-0.1, -0.05) is 13.8 Å². The predicted molar refractivity (Wildman–Crippen MR) is 74.8 cm³/mol. The van der Waals surface area contributed by atoms with E-state index < -0.39 is 0 Å². The van der Waals surface area contributed by atoms with E-state index in [4.69, 9.17) is 0 Å². The molecular weight excluding hydrogens is 232 g/mol. The van der Waals surface area contributed by atoms with Crippen LogP contribution in [0.15, 0.2) is 11.1 Å². The summed E-state index contributed by atoms with van der Waals surface area (Å²) in [6.07, 6.45) is 0. The van der Waals surface area contributed by atoms with Crippen LogP contribution >= 0.6 is 11.8 Å². The SMILES string of the molecule is CCN(CC)CCSc1cc(C)nc(NC)n1. The quantitative estimate of drug-likeness (QED) is 0.597. The second-order valence-electron chi connectivity index (χ2n) is 3.80. The number of aryl methyl sites for hydroxylation is 1. The normalized spacial score (nSPS) is 10.9. The number of aromatic nitrogens is 2. The molecule has 1 heterocycles. The summed E-state index contributed by atoms with van der Waals surface area (Å²) >= 11 is 1.79. The Bertz CT molecular complexity index is 339. The van der Waals surface area contributed by atoms with Gasteiger partial charge in [0, 0.05) is 25.0 Å². The van der Waals surface area contributed by atoms with E-state index in [1.807, 2.05) is 20.0 Å². The van der Waals surface area contributed by atoms with Crippen molar-refractivity contribution in [3.8, 4) is 0 Å². The molecule has 0 aliphatic rings.